The van der Waals surface area contributed by atoms with Crippen LogP contribution in [0.15, 0.2) is 55.1 Å². The molecule has 180 valence electrons. The molecule has 3 N–H and O–H groups in total. The maximum Gasteiger partial charge on any atom is 0.416 e. The third-order valence-corrected chi connectivity index (χ3v) is 5.70. The van der Waals surface area contributed by atoms with Crippen LogP contribution in [0, 0.1) is 0 Å². The Balaban J connectivity index is 1.32. The van der Waals surface area contributed by atoms with Crippen molar-refractivity contribution in [2.75, 3.05) is 11.9 Å². The van der Waals surface area contributed by atoms with Gasteiger partial charge < -0.3 is 20.7 Å². The van der Waals surface area contributed by atoms with Crippen molar-refractivity contribution in [1.82, 2.24) is 24.5 Å². The maximum absolute atomic E-state index is 13.3. The molecule has 0 spiro atoms. The molecule has 12 heteroatoms. The molecule has 0 fully saturated rings. The molecule has 1 aromatic carbocycles. The number of halogens is 3. The summed E-state index contributed by atoms with van der Waals surface area (Å²) < 4.78 is 47.5. The molecule has 35 heavy (non-hydrogen) atoms. The number of alkyl halides is 3. The topological polar surface area (TPSA) is 111 Å². The summed E-state index contributed by atoms with van der Waals surface area (Å²) in [5.41, 5.74) is 6.84. The predicted molar refractivity (Wildman–Crippen MR) is 120 cm³/mol. The second kappa shape index (κ2) is 8.87. The first-order valence-electron chi connectivity index (χ1n) is 10.7. The highest BCUT2D eigenvalue weighted by Gasteiger charge is 2.33. The number of fused-ring (bicyclic) bond motifs is 2. The highest BCUT2D eigenvalue weighted by atomic mass is 19.4. The van der Waals surface area contributed by atoms with Crippen LogP contribution in [-0.2, 0) is 25.7 Å². The number of anilines is 1. The number of amides is 2. The van der Waals surface area contributed by atoms with Crippen LogP contribution in [0.3, 0.4) is 0 Å². The van der Waals surface area contributed by atoms with Crippen LogP contribution in [0.25, 0.3) is 5.52 Å². The highest BCUT2D eigenvalue weighted by Crippen LogP contribution is 2.34. The lowest BCUT2D eigenvalue weighted by Gasteiger charge is -2.28. The highest BCUT2D eigenvalue weighted by molar-refractivity contribution is 5.89. The number of aromatic nitrogens is 4. The largest absolute Gasteiger partial charge is 0.435 e. The number of benzene rings is 1. The average molecular weight is 483 g/mol. The molecule has 0 unspecified atom stereocenters. The molecule has 3 aromatic heterocycles. The minimum Gasteiger partial charge on any atom is -0.435 e. The van der Waals surface area contributed by atoms with E-state index in [-0.39, 0.29) is 24.3 Å². The van der Waals surface area contributed by atoms with Crippen molar-refractivity contribution in [2.45, 2.75) is 25.7 Å². The Bertz CT molecular complexity index is 1400. The van der Waals surface area contributed by atoms with Crippen molar-refractivity contribution in [3.8, 4) is 11.6 Å². The van der Waals surface area contributed by atoms with Gasteiger partial charge in [-0.2, -0.15) is 23.3 Å². The number of nitrogens with one attached hydrogen (secondary N) is 1. The van der Waals surface area contributed by atoms with Gasteiger partial charge >= 0.3 is 12.2 Å². The summed E-state index contributed by atoms with van der Waals surface area (Å²) in [7, 11) is 0. The fourth-order valence-corrected chi connectivity index (χ4v) is 3.96. The van der Waals surface area contributed by atoms with E-state index in [1.807, 2.05) is 12.1 Å². The third kappa shape index (κ3) is 4.60. The number of ether oxygens (including phenoxy) is 1. The molecule has 0 saturated heterocycles. The second-order valence-electron chi connectivity index (χ2n) is 7.96. The van der Waals surface area contributed by atoms with Gasteiger partial charge in [0.25, 0.3) is 0 Å². The van der Waals surface area contributed by atoms with Crippen molar-refractivity contribution in [2.24, 2.45) is 5.73 Å². The Labute approximate surface area is 197 Å². The maximum atomic E-state index is 13.3. The van der Waals surface area contributed by atoms with Crippen LogP contribution < -0.4 is 15.8 Å². The van der Waals surface area contributed by atoms with E-state index in [4.69, 9.17) is 10.5 Å². The zero-order valence-corrected chi connectivity index (χ0v) is 18.3. The SMILES string of the molecule is NCc1ccc(NC(=O)N2CCc3ncc(Oc4ncnn5cccc45)cc3C2)cc1C(F)(F)F. The van der Waals surface area contributed by atoms with Gasteiger partial charge in [-0.25, -0.2) is 9.31 Å². The van der Waals surface area contributed by atoms with Crippen LogP contribution in [-0.4, -0.2) is 37.1 Å². The number of rotatable bonds is 4. The van der Waals surface area contributed by atoms with Crippen LogP contribution in [0.1, 0.15) is 22.4 Å². The molecule has 4 aromatic rings. The van der Waals surface area contributed by atoms with Gasteiger partial charge in [-0.15, -0.1) is 0 Å². The van der Waals surface area contributed by atoms with E-state index in [9.17, 15) is 18.0 Å². The first-order chi connectivity index (χ1) is 16.8. The van der Waals surface area contributed by atoms with Crippen LogP contribution in [0.4, 0.5) is 23.7 Å². The summed E-state index contributed by atoms with van der Waals surface area (Å²) in [6.07, 6.45) is 0.669. The van der Waals surface area contributed by atoms with Gasteiger partial charge in [0, 0.05) is 43.6 Å². The molecular weight excluding hydrogens is 463 g/mol. The zero-order chi connectivity index (χ0) is 24.6. The van der Waals surface area contributed by atoms with E-state index in [2.05, 4.69) is 20.4 Å². The molecule has 0 bridgehead atoms. The summed E-state index contributed by atoms with van der Waals surface area (Å²) in [6, 6.07) is 8.48. The van der Waals surface area contributed by atoms with E-state index in [1.54, 1.807) is 23.0 Å². The lowest BCUT2D eigenvalue weighted by Crippen LogP contribution is -2.39. The van der Waals surface area contributed by atoms with Gasteiger partial charge in [0.2, 0.25) is 5.88 Å². The molecule has 9 nitrogen and oxygen atoms in total. The Morgan fingerprint density at radius 2 is 2.06 bits per heavy atom. The molecule has 2 amide bonds. The predicted octanol–water partition coefficient (Wildman–Crippen LogP) is 3.98. The van der Waals surface area contributed by atoms with Crippen molar-refractivity contribution in [3.63, 3.8) is 0 Å². The number of hydrogen-bond donors (Lipinski definition) is 2. The zero-order valence-electron chi connectivity index (χ0n) is 18.3. The summed E-state index contributed by atoms with van der Waals surface area (Å²) in [4.78, 5) is 22.9. The van der Waals surface area contributed by atoms with E-state index < -0.39 is 17.8 Å². The van der Waals surface area contributed by atoms with Gasteiger partial charge in [0.1, 0.15) is 17.6 Å². The monoisotopic (exact) mass is 483 g/mol. The number of hydrogen-bond acceptors (Lipinski definition) is 6. The molecule has 0 atom stereocenters. The first-order valence-corrected chi connectivity index (χ1v) is 10.7. The van der Waals surface area contributed by atoms with Crippen LogP contribution in [0.5, 0.6) is 11.6 Å². The second-order valence-corrected chi connectivity index (χ2v) is 7.96. The smallest absolute Gasteiger partial charge is 0.416 e. The summed E-state index contributed by atoms with van der Waals surface area (Å²) in [5, 5.41) is 6.65. The first kappa shape index (κ1) is 22.6. The van der Waals surface area contributed by atoms with Gasteiger partial charge in [-0.3, -0.25) is 4.98 Å². The van der Waals surface area contributed by atoms with E-state index >= 15 is 0 Å². The summed E-state index contributed by atoms with van der Waals surface area (Å²) in [5.74, 6) is 0.804. The number of urea groups is 1. The number of nitrogens with two attached hydrogens (primary N) is 1. The van der Waals surface area contributed by atoms with Gasteiger partial charge in [-0.1, -0.05) is 6.07 Å². The number of carbonyl (C=O) groups excluding carboxylic acids is 1. The standard InChI is InChI=1S/C23H20F3N7O2/c24-23(25,26)18-9-16(4-3-14(18)10-27)31-22(34)32-7-5-19-15(12-32)8-17(11-28-19)35-21-20-2-1-6-33(20)30-13-29-21/h1-4,6,8-9,11,13H,5,7,10,12,27H2,(H,31,34). The molecule has 1 aliphatic rings. The minimum atomic E-state index is -4.57. The lowest BCUT2D eigenvalue weighted by molar-refractivity contribution is -0.138. The van der Waals surface area contributed by atoms with Gasteiger partial charge in [0.15, 0.2) is 0 Å². The Hall–Kier alpha value is -4.19. The number of pyridine rings is 1. The lowest BCUT2D eigenvalue weighted by atomic mass is 10.1. The van der Waals surface area contributed by atoms with Gasteiger partial charge in [0.05, 0.1) is 11.8 Å². The molecule has 4 heterocycles. The molecule has 0 aliphatic carbocycles. The molecular formula is C23H20F3N7O2. The molecule has 0 saturated carbocycles. The van der Waals surface area contributed by atoms with Crippen LogP contribution in [0.2, 0.25) is 0 Å². The van der Waals surface area contributed by atoms with Crippen molar-refractivity contribution in [3.05, 3.63) is 77.5 Å². The fourth-order valence-electron chi connectivity index (χ4n) is 3.96. The Morgan fingerprint density at radius 3 is 2.86 bits per heavy atom. The Morgan fingerprint density at radius 1 is 1.20 bits per heavy atom. The van der Waals surface area contributed by atoms with E-state index in [0.717, 1.165) is 17.3 Å². The molecule has 1 aliphatic heterocycles. The summed E-state index contributed by atoms with van der Waals surface area (Å²) in [6.45, 7) is 0.340. The number of nitrogens with zero attached hydrogens (tertiary/aromatic N) is 5. The number of carbonyl (C=O) groups is 1. The van der Waals surface area contributed by atoms with Crippen LogP contribution >= 0.6 is 0 Å². The van der Waals surface area contributed by atoms with Crippen molar-refractivity contribution >= 4 is 17.2 Å². The minimum absolute atomic E-state index is 0.0397. The third-order valence-electron chi connectivity index (χ3n) is 5.70. The summed E-state index contributed by atoms with van der Waals surface area (Å²) >= 11 is 0. The normalized spacial score (nSPS) is 13.5. The quantitative estimate of drug-likeness (QED) is 0.454. The van der Waals surface area contributed by atoms with Crippen molar-refractivity contribution < 1.29 is 22.7 Å². The molecule has 5 rings (SSSR count). The fraction of sp³-hybridized carbons (Fsp3) is 0.217. The molecule has 0 radical (unpaired) electrons. The van der Waals surface area contributed by atoms with Crippen molar-refractivity contribution in [1.29, 1.82) is 0 Å². The van der Waals surface area contributed by atoms with E-state index in [1.165, 1.54) is 23.4 Å². The van der Waals surface area contributed by atoms with E-state index in [0.29, 0.717) is 30.1 Å². The van der Waals surface area contributed by atoms with Gasteiger partial charge in [-0.05, 0) is 41.5 Å². The average Bonchev–Trinajstić information content (AvgIpc) is 3.33. The Kier molecular flexibility index (Phi) is 5.73.